The minimum atomic E-state index is -0.0875. The van der Waals surface area contributed by atoms with E-state index in [1.165, 1.54) is 0 Å². The van der Waals surface area contributed by atoms with Crippen LogP contribution in [0.1, 0.15) is 28.9 Å². The lowest BCUT2D eigenvalue weighted by molar-refractivity contribution is -0.0956. The summed E-state index contributed by atoms with van der Waals surface area (Å²) in [4.78, 5) is 20.9. The molecule has 2 saturated heterocycles. The van der Waals surface area contributed by atoms with E-state index in [-0.39, 0.29) is 12.2 Å². The second-order valence-electron chi connectivity index (χ2n) is 7.72. The molecule has 156 valence electrons. The first-order valence-corrected chi connectivity index (χ1v) is 11.4. The van der Waals surface area contributed by atoms with Gasteiger partial charge in [-0.3, -0.25) is 4.79 Å². The van der Waals surface area contributed by atoms with Crippen LogP contribution in [0.5, 0.6) is 0 Å². The van der Waals surface area contributed by atoms with E-state index in [0.717, 1.165) is 53.5 Å². The van der Waals surface area contributed by atoms with Gasteiger partial charge in [0.15, 0.2) is 6.29 Å². The molecule has 0 unspecified atom stereocenters. The summed E-state index contributed by atoms with van der Waals surface area (Å²) in [6.07, 6.45) is 5.81. The lowest BCUT2D eigenvalue weighted by atomic mass is 9.95. The number of benzene rings is 1. The lowest BCUT2D eigenvalue weighted by Gasteiger charge is -2.34. The molecular formula is C23H25N3O3S. The summed E-state index contributed by atoms with van der Waals surface area (Å²) in [6, 6.07) is 13.9. The predicted octanol–water partition coefficient (Wildman–Crippen LogP) is 3.85. The first-order chi connectivity index (χ1) is 14.8. The highest BCUT2D eigenvalue weighted by molar-refractivity contribution is 7.98. The molecule has 1 aromatic carbocycles. The number of pyridine rings is 1. The van der Waals surface area contributed by atoms with Crippen LogP contribution < -0.4 is 0 Å². The first-order valence-electron chi connectivity index (χ1n) is 10.4. The van der Waals surface area contributed by atoms with Crippen LogP contribution in [0.15, 0.2) is 59.8 Å². The summed E-state index contributed by atoms with van der Waals surface area (Å²) in [6.45, 7) is 2.86. The van der Waals surface area contributed by atoms with Crippen molar-refractivity contribution in [3.63, 3.8) is 0 Å². The Labute approximate surface area is 180 Å². The molecule has 2 aliphatic rings. The number of hydrogen-bond acceptors (Lipinski definition) is 5. The molecule has 7 heteroatoms. The molecule has 0 N–H and O–H groups in total. The van der Waals surface area contributed by atoms with E-state index >= 15 is 0 Å². The summed E-state index contributed by atoms with van der Waals surface area (Å²) >= 11 is 1.67. The van der Waals surface area contributed by atoms with E-state index in [2.05, 4.69) is 4.98 Å². The van der Waals surface area contributed by atoms with Gasteiger partial charge in [-0.25, -0.2) is 4.98 Å². The first kappa shape index (κ1) is 19.6. The van der Waals surface area contributed by atoms with Crippen LogP contribution >= 0.6 is 11.8 Å². The molecular weight excluding hydrogens is 398 g/mol. The van der Waals surface area contributed by atoms with Gasteiger partial charge in [0.25, 0.3) is 5.91 Å². The highest BCUT2D eigenvalue weighted by atomic mass is 32.2. The maximum absolute atomic E-state index is 13.2. The average Bonchev–Trinajstić information content (AvgIpc) is 3.47. The minimum Gasteiger partial charge on any atom is -0.350 e. The third kappa shape index (κ3) is 4.10. The fourth-order valence-corrected chi connectivity index (χ4v) is 5.10. The number of piperidine rings is 1. The van der Waals surface area contributed by atoms with Crippen molar-refractivity contribution in [3.8, 4) is 0 Å². The second kappa shape index (κ2) is 8.79. The Balaban J connectivity index is 1.24. The number of fused-ring (bicyclic) bond motifs is 1. The third-order valence-electron chi connectivity index (χ3n) is 5.77. The smallest absolute Gasteiger partial charge is 0.254 e. The maximum Gasteiger partial charge on any atom is 0.254 e. The molecule has 1 amide bonds. The van der Waals surface area contributed by atoms with Crippen molar-refractivity contribution in [1.82, 2.24) is 14.3 Å². The zero-order valence-corrected chi connectivity index (χ0v) is 17.6. The number of ether oxygens (including phenoxy) is 2. The number of imidazole rings is 1. The van der Waals surface area contributed by atoms with Gasteiger partial charge in [-0.05, 0) is 37.1 Å². The van der Waals surface area contributed by atoms with Crippen LogP contribution in [0.25, 0.3) is 5.65 Å². The molecule has 0 radical (unpaired) electrons. The van der Waals surface area contributed by atoms with Crippen LogP contribution in [-0.2, 0) is 15.2 Å². The van der Waals surface area contributed by atoms with E-state index in [1.54, 1.807) is 11.8 Å². The van der Waals surface area contributed by atoms with Gasteiger partial charge in [0.2, 0.25) is 0 Å². The Hall–Kier alpha value is -2.35. The van der Waals surface area contributed by atoms with Crippen molar-refractivity contribution >= 4 is 23.3 Å². The number of carbonyl (C=O) groups is 1. The normalized spacial score (nSPS) is 18.3. The fourth-order valence-electron chi connectivity index (χ4n) is 4.17. The number of aromatic nitrogens is 2. The van der Waals surface area contributed by atoms with Gasteiger partial charge in [-0.15, -0.1) is 11.8 Å². The summed E-state index contributed by atoms with van der Waals surface area (Å²) in [5, 5.41) is 0. The van der Waals surface area contributed by atoms with E-state index in [4.69, 9.17) is 9.47 Å². The number of rotatable bonds is 5. The Morgan fingerprint density at radius 2 is 1.83 bits per heavy atom. The molecule has 2 aliphatic heterocycles. The molecule has 4 heterocycles. The SMILES string of the molecule is O=C(c1ccccc1SCc1cn2ccccc2n1)N1CCC(C2OCCO2)CC1. The third-order valence-corrected chi connectivity index (χ3v) is 6.87. The summed E-state index contributed by atoms with van der Waals surface area (Å²) in [7, 11) is 0. The van der Waals surface area contributed by atoms with E-state index in [1.807, 2.05) is 64.2 Å². The Morgan fingerprint density at radius 1 is 1.07 bits per heavy atom. The highest BCUT2D eigenvalue weighted by Gasteiger charge is 2.32. The van der Waals surface area contributed by atoms with Gasteiger partial charge in [0.05, 0.1) is 24.5 Å². The average molecular weight is 424 g/mol. The van der Waals surface area contributed by atoms with Gasteiger partial charge in [0.1, 0.15) is 5.65 Å². The van der Waals surface area contributed by atoms with Gasteiger partial charge in [0, 0.05) is 42.0 Å². The van der Waals surface area contributed by atoms with Crippen LogP contribution in [0.2, 0.25) is 0 Å². The van der Waals surface area contributed by atoms with Crippen LogP contribution in [0.4, 0.5) is 0 Å². The standard InChI is InChI=1S/C23H25N3O3S/c27-22(25-11-8-17(9-12-25)23-28-13-14-29-23)19-5-1-2-6-20(19)30-16-18-15-26-10-4-3-7-21(26)24-18/h1-7,10,15,17,23H,8-9,11-14,16H2. The summed E-state index contributed by atoms with van der Waals surface area (Å²) in [5.41, 5.74) is 2.72. The molecule has 30 heavy (non-hydrogen) atoms. The van der Waals surface area contributed by atoms with Crippen LogP contribution in [0.3, 0.4) is 0 Å². The Bertz CT molecular complexity index is 990. The summed E-state index contributed by atoms with van der Waals surface area (Å²) < 4.78 is 13.3. The van der Waals surface area contributed by atoms with E-state index in [0.29, 0.717) is 19.1 Å². The van der Waals surface area contributed by atoms with Gasteiger partial charge < -0.3 is 18.8 Å². The molecule has 2 fully saturated rings. The van der Waals surface area contributed by atoms with Crippen molar-refractivity contribution in [2.45, 2.75) is 29.8 Å². The van der Waals surface area contributed by atoms with Gasteiger partial charge in [-0.1, -0.05) is 18.2 Å². The number of carbonyl (C=O) groups excluding carboxylic acids is 1. The molecule has 0 aliphatic carbocycles. The van der Waals surface area contributed by atoms with Crippen molar-refractivity contribution < 1.29 is 14.3 Å². The number of amides is 1. The largest absolute Gasteiger partial charge is 0.350 e. The number of hydrogen-bond donors (Lipinski definition) is 0. The van der Waals surface area contributed by atoms with Crippen molar-refractivity contribution in [2.75, 3.05) is 26.3 Å². The molecule has 5 rings (SSSR count). The lowest BCUT2D eigenvalue weighted by Crippen LogP contribution is -2.41. The molecule has 0 saturated carbocycles. The quantitative estimate of drug-likeness (QED) is 0.584. The molecule has 2 aromatic heterocycles. The van der Waals surface area contributed by atoms with Crippen LogP contribution in [-0.4, -0.2) is 52.8 Å². The zero-order chi connectivity index (χ0) is 20.3. The molecule has 6 nitrogen and oxygen atoms in total. The van der Waals surface area contributed by atoms with Crippen molar-refractivity contribution in [3.05, 3.63) is 66.1 Å². The maximum atomic E-state index is 13.2. The molecule has 0 bridgehead atoms. The van der Waals surface area contributed by atoms with Crippen LogP contribution in [0, 0.1) is 5.92 Å². The number of likely N-dealkylation sites (tertiary alicyclic amines) is 1. The Kier molecular flexibility index (Phi) is 5.75. The van der Waals surface area contributed by atoms with E-state index < -0.39 is 0 Å². The second-order valence-corrected chi connectivity index (χ2v) is 8.74. The van der Waals surface area contributed by atoms with Gasteiger partial charge >= 0.3 is 0 Å². The predicted molar refractivity (Wildman–Crippen MR) is 116 cm³/mol. The Morgan fingerprint density at radius 3 is 2.63 bits per heavy atom. The molecule has 0 spiro atoms. The van der Waals surface area contributed by atoms with E-state index in [9.17, 15) is 4.79 Å². The van der Waals surface area contributed by atoms with Crippen molar-refractivity contribution in [1.29, 1.82) is 0 Å². The highest BCUT2D eigenvalue weighted by Crippen LogP contribution is 2.30. The van der Waals surface area contributed by atoms with Gasteiger partial charge in [-0.2, -0.15) is 0 Å². The monoisotopic (exact) mass is 423 g/mol. The summed E-state index contributed by atoms with van der Waals surface area (Å²) in [5.74, 6) is 1.22. The fraction of sp³-hybridized carbons (Fsp3) is 0.391. The number of thioether (sulfide) groups is 1. The molecule has 3 aromatic rings. The minimum absolute atomic E-state index is 0.0875. The topological polar surface area (TPSA) is 56.1 Å². The molecule has 0 atom stereocenters. The van der Waals surface area contributed by atoms with Crippen molar-refractivity contribution in [2.24, 2.45) is 5.92 Å². The zero-order valence-electron chi connectivity index (χ0n) is 16.8. The number of nitrogens with zero attached hydrogens (tertiary/aromatic N) is 3.